The molecule has 1 aliphatic rings. The van der Waals surface area contributed by atoms with Gasteiger partial charge < -0.3 is 14.8 Å². The molecule has 2 aromatic rings. The minimum atomic E-state index is -3.99. The number of hydrogen-bond donors (Lipinski definition) is 2. The van der Waals surface area contributed by atoms with Crippen LogP contribution in [0.4, 0.5) is 5.69 Å². The smallest absolute Gasteiger partial charge is 0.338 e. The number of ketones is 1. The van der Waals surface area contributed by atoms with Gasteiger partial charge in [-0.2, -0.15) is 0 Å². The normalized spacial score (nSPS) is 15.8. The van der Waals surface area contributed by atoms with E-state index in [4.69, 9.17) is 21.1 Å². The molecule has 2 aromatic carbocycles. The molecule has 11 heteroatoms. The Labute approximate surface area is 196 Å². The summed E-state index contributed by atoms with van der Waals surface area (Å²) in [7, 11) is -3.99. The van der Waals surface area contributed by atoms with E-state index >= 15 is 0 Å². The Balaban J connectivity index is 1.62. The maximum atomic E-state index is 12.6. The molecule has 1 atom stereocenters. The predicted molar refractivity (Wildman–Crippen MR) is 121 cm³/mol. The summed E-state index contributed by atoms with van der Waals surface area (Å²) in [5, 5.41) is 2.53. The number of esters is 1. The van der Waals surface area contributed by atoms with Crippen molar-refractivity contribution in [3.8, 4) is 0 Å². The zero-order valence-corrected chi connectivity index (χ0v) is 19.4. The first-order valence-corrected chi connectivity index (χ1v) is 12.0. The van der Waals surface area contributed by atoms with Crippen molar-refractivity contribution >= 4 is 45.0 Å². The minimum absolute atomic E-state index is 0.0540. The first-order valence-electron chi connectivity index (χ1n) is 10.1. The number of halogens is 1. The number of ether oxygens (including phenoxy) is 2. The summed E-state index contributed by atoms with van der Waals surface area (Å²) in [6, 6.07) is 9.79. The molecule has 0 radical (unpaired) electrons. The van der Waals surface area contributed by atoms with Crippen molar-refractivity contribution in [3.05, 3.63) is 58.6 Å². The summed E-state index contributed by atoms with van der Waals surface area (Å²) >= 11 is 6.05. The molecule has 9 nitrogen and oxygen atoms in total. The zero-order valence-electron chi connectivity index (χ0n) is 17.8. The number of sulfonamides is 1. The lowest BCUT2D eigenvalue weighted by Crippen LogP contribution is -2.32. The van der Waals surface area contributed by atoms with Crippen molar-refractivity contribution in [1.82, 2.24) is 4.72 Å². The number of carbonyl (C=O) groups excluding carboxylic acids is 3. The molecule has 1 fully saturated rings. The van der Waals surface area contributed by atoms with Gasteiger partial charge in [-0.1, -0.05) is 11.6 Å². The maximum absolute atomic E-state index is 12.6. The van der Waals surface area contributed by atoms with Crippen LogP contribution in [0, 0.1) is 0 Å². The molecule has 3 rings (SSSR count). The Morgan fingerprint density at radius 3 is 2.45 bits per heavy atom. The SMILES string of the molecule is CC(=O)Nc1ccc(C(=O)COC(=O)c2ccc(Cl)c(S(=O)(=O)NCC3CCCO3)c2)cc1. The molecular formula is C22H23ClN2O7S. The number of Topliss-reactive ketones (excluding diaryl/α,β-unsaturated/α-hetero) is 1. The molecule has 0 saturated carbocycles. The Bertz CT molecular complexity index is 1140. The van der Waals surface area contributed by atoms with E-state index in [1.807, 2.05) is 0 Å². The Kier molecular flexibility index (Phi) is 8.20. The van der Waals surface area contributed by atoms with Gasteiger partial charge in [0, 0.05) is 31.3 Å². The first-order chi connectivity index (χ1) is 15.7. The van der Waals surface area contributed by atoms with Gasteiger partial charge >= 0.3 is 5.97 Å². The molecular weight excluding hydrogens is 472 g/mol. The van der Waals surface area contributed by atoms with Crippen LogP contribution in [-0.2, 0) is 24.3 Å². The third-order valence-electron chi connectivity index (χ3n) is 4.84. The van der Waals surface area contributed by atoms with Crippen LogP contribution in [0.25, 0.3) is 0 Å². The van der Waals surface area contributed by atoms with E-state index < -0.39 is 28.4 Å². The molecule has 2 N–H and O–H groups in total. The number of nitrogens with one attached hydrogen (secondary N) is 2. The topological polar surface area (TPSA) is 128 Å². The summed E-state index contributed by atoms with van der Waals surface area (Å²) in [6.45, 7) is 1.52. The molecule has 0 bridgehead atoms. The van der Waals surface area contributed by atoms with Crippen LogP contribution in [0.2, 0.25) is 5.02 Å². The average Bonchev–Trinajstić information content (AvgIpc) is 3.30. The molecule has 176 valence electrons. The van der Waals surface area contributed by atoms with E-state index in [0.717, 1.165) is 18.9 Å². The van der Waals surface area contributed by atoms with Crippen LogP contribution >= 0.6 is 11.6 Å². The fourth-order valence-electron chi connectivity index (χ4n) is 3.16. The first kappa shape index (κ1) is 24.8. The lowest BCUT2D eigenvalue weighted by atomic mass is 10.1. The van der Waals surface area contributed by atoms with Crippen LogP contribution in [0.1, 0.15) is 40.5 Å². The van der Waals surface area contributed by atoms with E-state index in [0.29, 0.717) is 12.3 Å². The number of rotatable bonds is 9. The second-order valence-corrected chi connectivity index (χ2v) is 9.53. The molecule has 1 heterocycles. The third kappa shape index (κ3) is 6.84. The third-order valence-corrected chi connectivity index (χ3v) is 6.75. The Morgan fingerprint density at radius 1 is 1.12 bits per heavy atom. The van der Waals surface area contributed by atoms with Gasteiger partial charge in [-0.25, -0.2) is 17.9 Å². The molecule has 1 aliphatic heterocycles. The van der Waals surface area contributed by atoms with E-state index in [-0.39, 0.29) is 39.6 Å². The summed E-state index contributed by atoms with van der Waals surface area (Å²) in [6.07, 6.45) is 1.42. The summed E-state index contributed by atoms with van der Waals surface area (Å²) in [5.41, 5.74) is 0.749. The van der Waals surface area contributed by atoms with Crippen molar-refractivity contribution in [2.24, 2.45) is 0 Å². The number of anilines is 1. The highest BCUT2D eigenvalue weighted by Gasteiger charge is 2.24. The van der Waals surface area contributed by atoms with Gasteiger partial charge in [-0.05, 0) is 55.3 Å². The van der Waals surface area contributed by atoms with Crippen LogP contribution in [0.15, 0.2) is 47.4 Å². The number of carbonyl (C=O) groups is 3. The molecule has 1 amide bonds. The van der Waals surface area contributed by atoms with Crippen LogP contribution < -0.4 is 10.0 Å². The molecule has 0 aliphatic carbocycles. The second kappa shape index (κ2) is 10.9. The number of hydrogen-bond acceptors (Lipinski definition) is 7. The van der Waals surface area contributed by atoms with Gasteiger partial charge in [0.25, 0.3) is 0 Å². The van der Waals surface area contributed by atoms with Crippen molar-refractivity contribution in [2.75, 3.05) is 25.1 Å². The zero-order chi connectivity index (χ0) is 24.0. The standard InChI is InChI=1S/C22H23ClN2O7S/c1-14(26)25-17-7-4-15(5-8-17)20(27)13-32-22(28)16-6-9-19(23)21(11-16)33(29,30)24-12-18-3-2-10-31-18/h4-9,11,18,24H,2-3,10,12-13H2,1H3,(H,25,26). The fourth-order valence-corrected chi connectivity index (χ4v) is 4.75. The van der Waals surface area contributed by atoms with Gasteiger partial charge in [0.15, 0.2) is 12.4 Å². The highest BCUT2D eigenvalue weighted by molar-refractivity contribution is 7.89. The van der Waals surface area contributed by atoms with E-state index in [1.54, 1.807) is 12.1 Å². The van der Waals surface area contributed by atoms with Gasteiger partial charge in [-0.15, -0.1) is 0 Å². The van der Waals surface area contributed by atoms with Gasteiger partial charge in [-0.3, -0.25) is 9.59 Å². The average molecular weight is 495 g/mol. The predicted octanol–water partition coefficient (Wildman–Crippen LogP) is 2.80. The summed E-state index contributed by atoms with van der Waals surface area (Å²) < 4.78 is 38.2. The van der Waals surface area contributed by atoms with E-state index in [1.165, 1.54) is 31.2 Å². The Hall–Kier alpha value is -2.79. The molecule has 33 heavy (non-hydrogen) atoms. The van der Waals surface area contributed by atoms with Crippen LogP contribution in [0.5, 0.6) is 0 Å². The van der Waals surface area contributed by atoms with Gasteiger partial charge in [0.2, 0.25) is 15.9 Å². The maximum Gasteiger partial charge on any atom is 0.338 e. The van der Waals surface area contributed by atoms with Crippen molar-refractivity contribution in [3.63, 3.8) is 0 Å². The quantitative estimate of drug-likeness (QED) is 0.405. The monoisotopic (exact) mass is 494 g/mol. The fraction of sp³-hybridized carbons (Fsp3) is 0.318. The molecule has 0 aromatic heterocycles. The van der Waals surface area contributed by atoms with Crippen molar-refractivity contribution in [1.29, 1.82) is 0 Å². The number of benzene rings is 2. The molecule has 1 unspecified atom stereocenters. The number of amides is 1. The largest absolute Gasteiger partial charge is 0.454 e. The molecule has 1 saturated heterocycles. The van der Waals surface area contributed by atoms with Gasteiger partial charge in [0.1, 0.15) is 4.90 Å². The van der Waals surface area contributed by atoms with Crippen LogP contribution in [-0.4, -0.2) is 51.9 Å². The van der Waals surface area contributed by atoms with E-state index in [9.17, 15) is 22.8 Å². The van der Waals surface area contributed by atoms with E-state index in [2.05, 4.69) is 10.0 Å². The highest BCUT2D eigenvalue weighted by Crippen LogP contribution is 2.23. The minimum Gasteiger partial charge on any atom is -0.454 e. The Morgan fingerprint density at radius 2 is 1.82 bits per heavy atom. The van der Waals surface area contributed by atoms with Crippen molar-refractivity contribution < 1.29 is 32.3 Å². The summed E-state index contributed by atoms with van der Waals surface area (Å²) in [4.78, 5) is 35.5. The summed E-state index contributed by atoms with van der Waals surface area (Å²) in [5.74, 6) is -1.57. The lowest BCUT2D eigenvalue weighted by Gasteiger charge is -2.13. The van der Waals surface area contributed by atoms with Gasteiger partial charge in [0.05, 0.1) is 16.7 Å². The van der Waals surface area contributed by atoms with Crippen molar-refractivity contribution in [2.45, 2.75) is 30.8 Å². The molecule has 0 spiro atoms. The second-order valence-electron chi connectivity index (χ2n) is 7.39. The van der Waals surface area contributed by atoms with Crippen LogP contribution in [0.3, 0.4) is 0 Å². The highest BCUT2D eigenvalue weighted by atomic mass is 35.5. The lowest BCUT2D eigenvalue weighted by molar-refractivity contribution is -0.114.